The average Bonchev–Trinajstić information content (AvgIpc) is 2.57. The van der Waals surface area contributed by atoms with Crippen molar-refractivity contribution in [2.75, 3.05) is 18.5 Å². The van der Waals surface area contributed by atoms with Gasteiger partial charge in [0.05, 0.1) is 6.33 Å². The summed E-state index contributed by atoms with van der Waals surface area (Å²) in [5.74, 6) is 0.0157. The lowest BCUT2D eigenvalue weighted by Crippen LogP contribution is -2.37. The van der Waals surface area contributed by atoms with Crippen LogP contribution in [-0.4, -0.2) is 35.5 Å². The van der Waals surface area contributed by atoms with Crippen LogP contribution in [0.1, 0.15) is 13.8 Å². The molecule has 6 nitrogen and oxygen atoms in total. The molecule has 1 aromatic heterocycles. The quantitative estimate of drug-likeness (QED) is 0.815. The van der Waals surface area contributed by atoms with Crippen LogP contribution in [0.15, 0.2) is 11.4 Å². The number of imidazole rings is 1. The molecule has 0 radical (unpaired) electrons. The molecule has 0 aliphatic carbocycles. The number of sulfonamides is 1. The predicted molar refractivity (Wildman–Crippen MR) is 70.4 cm³/mol. The second kappa shape index (κ2) is 4.87. The molecule has 0 fully saturated rings. The Morgan fingerprint density at radius 3 is 2.59 bits per heavy atom. The van der Waals surface area contributed by atoms with Gasteiger partial charge in [0.1, 0.15) is 0 Å². The van der Waals surface area contributed by atoms with Crippen LogP contribution in [0.2, 0.25) is 0 Å². The van der Waals surface area contributed by atoms with E-state index in [9.17, 15) is 8.42 Å². The molecule has 0 unspecified atom stereocenters. The summed E-state index contributed by atoms with van der Waals surface area (Å²) in [6.07, 6.45) is 3.32. The van der Waals surface area contributed by atoms with Crippen LogP contribution >= 0.6 is 11.8 Å². The number of anilines is 1. The normalized spacial score (nSPS) is 12.9. The molecule has 0 atom stereocenters. The van der Waals surface area contributed by atoms with Gasteiger partial charge >= 0.3 is 0 Å². The van der Waals surface area contributed by atoms with E-state index in [2.05, 4.69) is 9.71 Å². The Bertz CT molecular complexity index is 474. The minimum atomic E-state index is -3.61. The maximum atomic E-state index is 12.0. The second-order valence-corrected chi connectivity index (χ2v) is 7.53. The van der Waals surface area contributed by atoms with Crippen LogP contribution in [0, 0.1) is 0 Å². The molecule has 0 aliphatic heterocycles. The van der Waals surface area contributed by atoms with Crippen molar-refractivity contribution < 1.29 is 8.42 Å². The van der Waals surface area contributed by atoms with Crippen LogP contribution < -0.4 is 10.5 Å². The van der Waals surface area contributed by atoms with Gasteiger partial charge in [0.15, 0.2) is 10.8 Å². The van der Waals surface area contributed by atoms with Gasteiger partial charge in [0.2, 0.25) is 0 Å². The first-order valence-corrected chi connectivity index (χ1v) is 7.72. The van der Waals surface area contributed by atoms with Crippen molar-refractivity contribution in [1.82, 2.24) is 14.3 Å². The molecule has 0 aromatic carbocycles. The summed E-state index contributed by atoms with van der Waals surface area (Å²) in [7, 11) is -2.01. The Balaban J connectivity index is 2.91. The summed E-state index contributed by atoms with van der Waals surface area (Å²) in [4.78, 5) is 3.76. The maximum Gasteiger partial charge on any atom is 0.260 e. The second-order valence-electron chi connectivity index (χ2n) is 4.33. The van der Waals surface area contributed by atoms with Crippen molar-refractivity contribution in [2.45, 2.75) is 23.6 Å². The Labute approximate surface area is 106 Å². The van der Waals surface area contributed by atoms with Crippen molar-refractivity contribution >= 4 is 27.6 Å². The molecule has 17 heavy (non-hydrogen) atoms. The topological polar surface area (TPSA) is 90.0 Å². The highest BCUT2D eigenvalue weighted by atomic mass is 32.2. The van der Waals surface area contributed by atoms with E-state index in [1.54, 1.807) is 18.8 Å². The fourth-order valence-electron chi connectivity index (χ4n) is 1.17. The van der Waals surface area contributed by atoms with Gasteiger partial charge < -0.3 is 10.3 Å². The van der Waals surface area contributed by atoms with Crippen molar-refractivity contribution in [1.29, 1.82) is 0 Å². The molecule has 0 bridgehead atoms. The van der Waals surface area contributed by atoms with E-state index >= 15 is 0 Å². The van der Waals surface area contributed by atoms with E-state index in [0.29, 0.717) is 6.54 Å². The number of nitrogen functional groups attached to an aromatic ring is 1. The first kappa shape index (κ1) is 14.3. The molecule has 1 heterocycles. The maximum absolute atomic E-state index is 12.0. The Morgan fingerprint density at radius 1 is 1.59 bits per heavy atom. The monoisotopic (exact) mass is 278 g/mol. The van der Waals surface area contributed by atoms with Gasteiger partial charge in [0, 0.05) is 18.3 Å². The van der Waals surface area contributed by atoms with Crippen molar-refractivity contribution in [3.05, 3.63) is 6.33 Å². The lowest BCUT2D eigenvalue weighted by atomic mass is 10.2. The number of nitrogens with zero attached hydrogens (tertiary/aromatic N) is 2. The van der Waals surface area contributed by atoms with Gasteiger partial charge in [-0.25, -0.2) is 18.1 Å². The molecule has 0 aliphatic rings. The molecule has 0 saturated carbocycles. The van der Waals surface area contributed by atoms with E-state index in [4.69, 9.17) is 5.73 Å². The molecule has 0 spiro atoms. The molecule has 1 rings (SSSR count). The number of aromatic nitrogens is 2. The number of hydrogen-bond acceptors (Lipinski definition) is 5. The van der Waals surface area contributed by atoms with Gasteiger partial charge in [-0.05, 0) is 20.1 Å². The van der Waals surface area contributed by atoms with Crippen LogP contribution in [0.4, 0.5) is 5.82 Å². The third-order valence-electron chi connectivity index (χ3n) is 2.40. The summed E-state index contributed by atoms with van der Waals surface area (Å²) in [5.41, 5.74) is 5.54. The molecular formula is C9H18N4O2S2. The smallest absolute Gasteiger partial charge is 0.260 e. The molecular weight excluding hydrogens is 260 g/mol. The van der Waals surface area contributed by atoms with Gasteiger partial charge in [-0.15, -0.1) is 0 Å². The number of nitrogens with one attached hydrogen (secondary N) is 1. The van der Waals surface area contributed by atoms with Crippen LogP contribution in [0.3, 0.4) is 0 Å². The predicted octanol–water partition coefficient (Wildman–Crippen LogP) is 0.422. The fourth-order valence-corrected chi connectivity index (χ4v) is 2.92. The first-order valence-electron chi connectivity index (χ1n) is 5.01. The molecule has 98 valence electrons. The summed E-state index contributed by atoms with van der Waals surface area (Å²) >= 11 is 1.59. The highest BCUT2D eigenvalue weighted by Crippen LogP contribution is 2.21. The van der Waals surface area contributed by atoms with E-state index in [1.807, 2.05) is 20.1 Å². The van der Waals surface area contributed by atoms with Gasteiger partial charge in [-0.3, -0.25) is 0 Å². The van der Waals surface area contributed by atoms with Gasteiger partial charge in [-0.2, -0.15) is 11.8 Å². The van der Waals surface area contributed by atoms with E-state index in [0.717, 1.165) is 0 Å². The molecule has 8 heteroatoms. The fraction of sp³-hybridized carbons (Fsp3) is 0.667. The van der Waals surface area contributed by atoms with Crippen LogP contribution in [-0.2, 0) is 17.1 Å². The third-order valence-corrected chi connectivity index (χ3v) is 5.18. The number of hydrogen-bond donors (Lipinski definition) is 2. The molecule has 1 aromatic rings. The van der Waals surface area contributed by atoms with E-state index in [-0.39, 0.29) is 15.6 Å². The summed E-state index contributed by atoms with van der Waals surface area (Å²) < 4.78 is 27.8. The highest BCUT2D eigenvalue weighted by molar-refractivity contribution is 8.00. The summed E-state index contributed by atoms with van der Waals surface area (Å²) in [6.45, 7) is 4.26. The summed E-state index contributed by atoms with van der Waals surface area (Å²) in [5, 5.41) is 0.00871. The molecule has 0 saturated heterocycles. The lowest BCUT2D eigenvalue weighted by molar-refractivity contribution is 0.562. The zero-order valence-corrected chi connectivity index (χ0v) is 12.0. The van der Waals surface area contributed by atoms with E-state index in [1.165, 1.54) is 10.9 Å². The zero-order valence-electron chi connectivity index (χ0n) is 10.4. The summed E-state index contributed by atoms with van der Waals surface area (Å²) in [6, 6.07) is 0. The molecule has 0 amide bonds. The lowest BCUT2D eigenvalue weighted by Gasteiger charge is -2.22. The zero-order chi connectivity index (χ0) is 13.3. The van der Waals surface area contributed by atoms with E-state index < -0.39 is 10.0 Å². The standard InChI is InChI=1S/C9H18N4O2S2/c1-9(2,16-4)5-12-17(14,15)8-7(10)11-6-13(8)3/h6,12H,5,10H2,1-4H3. The first-order chi connectivity index (χ1) is 7.69. The number of thioether (sulfide) groups is 1. The third kappa shape index (κ3) is 3.36. The number of nitrogens with two attached hydrogens (primary N) is 1. The van der Waals surface area contributed by atoms with Crippen molar-refractivity contribution in [3.63, 3.8) is 0 Å². The average molecular weight is 278 g/mol. The SMILES string of the molecule is CSC(C)(C)CNS(=O)(=O)c1c(N)ncn1C. The number of rotatable bonds is 5. The minimum Gasteiger partial charge on any atom is -0.381 e. The van der Waals surface area contributed by atoms with Gasteiger partial charge in [0.25, 0.3) is 10.0 Å². The minimum absolute atomic E-state index is 0.00871. The largest absolute Gasteiger partial charge is 0.381 e. The molecule has 3 N–H and O–H groups in total. The Hall–Kier alpha value is -0.730. The van der Waals surface area contributed by atoms with Crippen LogP contribution in [0.5, 0.6) is 0 Å². The number of aryl methyl sites for hydroxylation is 1. The van der Waals surface area contributed by atoms with Crippen molar-refractivity contribution in [3.8, 4) is 0 Å². The highest BCUT2D eigenvalue weighted by Gasteiger charge is 2.25. The van der Waals surface area contributed by atoms with Crippen molar-refractivity contribution in [2.24, 2.45) is 7.05 Å². The van der Waals surface area contributed by atoms with Crippen LogP contribution in [0.25, 0.3) is 0 Å². The van der Waals surface area contributed by atoms with Gasteiger partial charge in [-0.1, -0.05) is 0 Å². The Morgan fingerprint density at radius 2 is 2.18 bits per heavy atom. The Kier molecular flexibility index (Phi) is 4.11.